The van der Waals surface area contributed by atoms with Crippen molar-refractivity contribution in [3.8, 4) is 11.5 Å². The second kappa shape index (κ2) is 5.96. The summed E-state index contributed by atoms with van der Waals surface area (Å²) in [4.78, 5) is 0. The van der Waals surface area contributed by atoms with Gasteiger partial charge in [0.05, 0.1) is 0 Å². The van der Waals surface area contributed by atoms with E-state index in [1.807, 2.05) is 24.3 Å². The molecular weight excluding hydrogens is 292 g/mol. The maximum absolute atomic E-state index is 6.10. The summed E-state index contributed by atoms with van der Waals surface area (Å²) < 4.78 is 6.10. The largest absolute Gasteiger partial charge is 0.457 e. The molecule has 0 atom stereocenters. The van der Waals surface area contributed by atoms with E-state index in [1.165, 1.54) is 11.1 Å². The molecule has 2 rings (SSSR count). The summed E-state index contributed by atoms with van der Waals surface area (Å²) in [6.07, 6.45) is 0. The molecule has 0 heterocycles. The highest BCUT2D eigenvalue weighted by atomic mass is 35.5. The van der Waals surface area contributed by atoms with E-state index in [9.17, 15) is 0 Å². The summed E-state index contributed by atoms with van der Waals surface area (Å²) in [5.41, 5.74) is 2.68. The van der Waals surface area contributed by atoms with Crippen LogP contribution in [0.15, 0.2) is 42.5 Å². The zero-order chi connectivity index (χ0) is 16.5. The van der Waals surface area contributed by atoms with Crippen LogP contribution in [0.25, 0.3) is 0 Å². The van der Waals surface area contributed by atoms with Crippen molar-refractivity contribution >= 4 is 11.6 Å². The minimum atomic E-state index is 0.0169. The molecule has 2 aromatic carbocycles. The lowest BCUT2D eigenvalue weighted by atomic mass is 9.80. The average Bonchev–Trinajstić information content (AvgIpc) is 2.39. The molecule has 2 heteroatoms. The van der Waals surface area contributed by atoms with Crippen LogP contribution in [0.1, 0.15) is 52.7 Å². The molecule has 0 aromatic heterocycles. The van der Waals surface area contributed by atoms with Gasteiger partial charge in [-0.05, 0) is 46.7 Å². The van der Waals surface area contributed by atoms with Crippen LogP contribution in [0.5, 0.6) is 11.5 Å². The Morgan fingerprint density at radius 3 is 1.86 bits per heavy atom. The molecule has 0 saturated heterocycles. The third-order valence-corrected chi connectivity index (χ3v) is 3.95. The molecule has 0 aliphatic carbocycles. The second-order valence-electron chi connectivity index (χ2n) is 7.77. The Hall–Kier alpha value is -1.47. The molecule has 22 heavy (non-hydrogen) atoms. The monoisotopic (exact) mass is 316 g/mol. The fourth-order valence-electron chi connectivity index (χ4n) is 2.30. The lowest BCUT2D eigenvalue weighted by Gasteiger charge is -2.27. The summed E-state index contributed by atoms with van der Waals surface area (Å²) in [7, 11) is 0. The van der Waals surface area contributed by atoms with Crippen molar-refractivity contribution in [2.24, 2.45) is 0 Å². The quantitative estimate of drug-likeness (QED) is 0.597. The first-order valence-corrected chi connectivity index (χ1v) is 8.03. The third kappa shape index (κ3) is 4.04. The SMILES string of the molecule is CC(C)(C)c1ccc(Oc2ccc(Cl)cc2)c(C(C)(C)C)c1. The van der Waals surface area contributed by atoms with E-state index >= 15 is 0 Å². The standard InChI is InChI=1S/C20H25ClO/c1-19(2,3)14-7-12-18(17(13-14)20(4,5)6)22-16-10-8-15(21)9-11-16/h7-13H,1-6H3. The van der Waals surface area contributed by atoms with Gasteiger partial charge in [-0.25, -0.2) is 0 Å². The summed E-state index contributed by atoms with van der Waals surface area (Å²) >= 11 is 5.93. The van der Waals surface area contributed by atoms with Crippen LogP contribution in [0, 0.1) is 0 Å². The van der Waals surface area contributed by atoms with Crippen LogP contribution in [-0.4, -0.2) is 0 Å². The van der Waals surface area contributed by atoms with Crippen LogP contribution in [0.4, 0.5) is 0 Å². The number of halogens is 1. The van der Waals surface area contributed by atoms with Crippen molar-refractivity contribution in [1.29, 1.82) is 0 Å². The Morgan fingerprint density at radius 1 is 0.773 bits per heavy atom. The van der Waals surface area contributed by atoms with Crippen molar-refractivity contribution < 1.29 is 4.74 Å². The number of benzene rings is 2. The third-order valence-electron chi connectivity index (χ3n) is 3.70. The Labute approximate surface area is 139 Å². The number of hydrogen-bond acceptors (Lipinski definition) is 1. The Morgan fingerprint density at radius 2 is 1.36 bits per heavy atom. The van der Waals surface area contributed by atoms with E-state index in [-0.39, 0.29) is 10.8 Å². The molecular formula is C20H25ClO. The van der Waals surface area contributed by atoms with Crippen molar-refractivity contribution in [1.82, 2.24) is 0 Å². The van der Waals surface area contributed by atoms with Gasteiger partial charge in [0.2, 0.25) is 0 Å². The second-order valence-corrected chi connectivity index (χ2v) is 8.20. The molecule has 0 aliphatic rings. The van der Waals surface area contributed by atoms with Gasteiger partial charge >= 0.3 is 0 Å². The molecule has 118 valence electrons. The molecule has 0 spiro atoms. The molecule has 0 N–H and O–H groups in total. The zero-order valence-electron chi connectivity index (χ0n) is 14.3. The van der Waals surface area contributed by atoms with Crippen LogP contribution >= 0.6 is 11.6 Å². The molecule has 0 unspecified atom stereocenters. The van der Waals surface area contributed by atoms with Crippen molar-refractivity contribution in [2.45, 2.75) is 52.4 Å². The minimum Gasteiger partial charge on any atom is -0.457 e. The predicted molar refractivity (Wildman–Crippen MR) is 95.4 cm³/mol. The van der Waals surface area contributed by atoms with Gasteiger partial charge in [-0.2, -0.15) is 0 Å². The van der Waals surface area contributed by atoms with E-state index in [2.05, 4.69) is 59.7 Å². The van der Waals surface area contributed by atoms with E-state index in [4.69, 9.17) is 16.3 Å². The van der Waals surface area contributed by atoms with Gasteiger partial charge in [0.25, 0.3) is 0 Å². The Balaban J connectivity index is 2.44. The van der Waals surface area contributed by atoms with E-state index in [0.717, 1.165) is 11.5 Å². The van der Waals surface area contributed by atoms with Crippen molar-refractivity contribution in [2.75, 3.05) is 0 Å². The first-order valence-electron chi connectivity index (χ1n) is 7.66. The molecule has 0 fully saturated rings. The van der Waals surface area contributed by atoms with Gasteiger partial charge in [0.15, 0.2) is 0 Å². The van der Waals surface area contributed by atoms with E-state index in [1.54, 1.807) is 0 Å². The van der Waals surface area contributed by atoms with Gasteiger partial charge in [-0.15, -0.1) is 0 Å². The lowest BCUT2D eigenvalue weighted by Crippen LogP contribution is -2.17. The minimum absolute atomic E-state index is 0.0169. The first kappa shape index (κ1) is 16.9. The first-order chi connectivity index (χ1) is 10.1. The molecule has 2 aromatic rings. The summed E-state index contributed by atoms with van der Waals surface area (Å²) in [5.74, 6) is 1.71. The highest BCUT2D eigenvalue weighted by Crippen LogP contribution is 2.37. The van der Waals surface area contributed by atoms with Crippen LogP contribution in [0.2, 0.25) is 5.02 Å². The molecule has 0 aliphatic heterocycles. The maximum Gasteiger partial charge on any atom is 0.131 e. The van der Waals surface area contributed by atoms with Gasteiger partial charge in [-0.1, -0.05) is 65.3 Å². The maximum atomic E-state index is 6.10. The summed E-state index contributed by atoms with van der Waals surface area (Å²) in [6.45, 7) is 13.3. The van der Waals surface area contributed by atoms with Gasteiger partial charge in [0.1, 0.15) is 11.5 Å². The normalized spacial score (nSPS) is 12.3. The Kier molecular flexibility index (Phi) is 4.58. The molecule has 0 bridgehead atoms. The van der Waals surface area contributed by atoms with E-state index < -0.39 is 0 Å². The highest BCUT2D eigenvalue weighted by molar-refractivity contribution is 6.30. The van der Waals surface area contributed by atoms with Crippen molar-refractivity contribution in [3.63, 3.8) is 0 Å². The molecule has 0 amide bonds. The fourth-order valence-corrected chi connectivity index (χ4v) is 2.43. The summed E-state index contributed by atoms with van der Waals surface area (Å²) in [5, 5.41) is 0.714. The smallest absolute Gasteiger partial charge is 0.131 e. The van der Waals surface area contributed by atoms with Crippen LogP contribution < -0.4 is 4.74 Å². The van der Waals surface area contributed by atoms with Crippen molar-refractivity contribution in [3.05, 3.63) is 58.6 Å². The topological polar surface area (TPSA) is 9.23 Å². The van der Waals surface area contributed by atoms with Gasteiger partial charge < -0.3 is 4.74 Å². The predicted octanol–water partition coefficient (Wildman–Crippen LogP) is 6.73. The fraction of sp³-hybridized carbons (Fsp3) is 0.400. The molecule has 0 saturated carbocycles. The highest BCUT2D eigenvalue weighted by Gasteiger charge is 2.23. The number of rotatable bonds is 2. The molecule has 1 nitrogen and oxygen atoms in total. The van der Waals surface area contributed by atoms with Gasteiger partial charge in [-0.3, -0.25) is 0 Å². The van der Waals surface area contributed by atoms with Crippen LogP contribution in [-0.2, 0) is 10.8 Å². The number of hydrogen-bond donors (Lipinski definition) is 0. The lowest BCUT2D eigenvalue weighted by molar-refractivity contribution is 0.453. The van der Waals surface area contributed by atoms with Gasteiger partial charge in [0, 0.05) is 10.6 Å². The summed E-state index contributed by atoms with van der Waals surface area (Å²) in [6, 6.07) is 14.0. The van der Waals surface area contributed by atoms with Crippen LogP contribution in [0.3, 0.4) is 0 Å². The van der Waals surface area contributed by atoms with E-state index in [0.29, 0.717) is 5.02 Å². The zero-order valence-corrected chi connectivity index (χ0v) is 15.1. The average molecular weight is 317 g/mol. The Bertz CT molecular complexity index is 643. The number of ether oxygens (including phenoxy) is 1. The molecule has 0 radical (unpaired) electrons.